The summed E-state index contributed by atoms with van der Waals surface area (Å²) in [5.74, 6) is -0.766. The van der Waals surface area contributed by atoms with Crippen LogP contribution in [0, 0.1) is 10.1 Å². The number of thiocarbonyl (C=S) groups is 1. The van der Waals surface area contributed by atoms with Gasteiger partial charge in [-0.05, 0) is 52.0 Å². The first-order valence-corrected chi connectivity index (χ1v) is 8.31. The highest BCUT2D eigenvalue weighted by Gasteiger charge is 2.47. The van der Waals surface area contributed by atoms with Gasteiger partial charge in [-0.15, -0.1) is 0 Å². The summed E-state index contributed by atoms with van der Waals surface area (Å²) in [6.45, 7) is 6.13. The zero-order chi connectivity index (χ0) is 21.6. The molecule has 1 aromatic carbocycles. The van der Waals surface area contributed by atoms with Gasteiger partial charge in [0.2, 0.25) is 0 Å². The van der Waals surface area contributed by atoms with E-state index >= 15 is 0 Å². The zero-order valence-electron chi connectivity index (χ0n) is 15.2. The first-order valence-electron chi connectivity index (χ1n) is 7.91. The van der Waals surface area contributed by atoms with E-state index in [4.69, 9.17) is 17.0 Å². The number of alkyl halides is 3. The van der Waals surface area contributed by atoms with Crippen molar-refractivity contribution in [2.75, 3.05) is 4.90 Å². The molecule has 1 fully saturated rings. The SMILES string of the molecule is CC1C(=O)N(c2ccc([N+](=O)[O-])c(C(F)(F)F)c2)C(=S)N1C(=O)OC(C)(C)C. The smallest absolute Gasteiger partial charge is 0.423 e. The predicted octanol–water partition coefficient (Wildman–Crippen LogP) is 3.87. The number of hydrogen-bond donors (Lipinski definition) is 0. The standard InChI is InChI=1S/C16H16F3N3O5S/c1-8-12(23)21(13(28)20(8)14(24)27-15(2,3)4)9-5-6-11(22(25)26)10(7-9)16(17,18)19/h5-8H,1-4H3. The van der Waals surface area contributed by atoms with E-state index in [1.807, 2.05) is 0 Å². The van der Waals surface area contributed by atoms with Crippen LogP contribution in [0.15, 0.2) is 18.2 Å². The average Bonchev–Trinajstić information content (AvgIpc) is 2.74. The molecular weight excluding hydrogens is 403 g/mol. The van der Waals surface area contributed by atoms with Gasteiger partial charge in [-0.1, -0.05) is 0 Å². The lowest BCUT2D eigenvalue weighted by atomic mass is 10.1. The molecule has 2 amide bonds. The number of ether oxygens (including phenoxy) is 1. The molecule has 1 aliphatic heterocycles. The molecule has 0 aliphatic carbocycles. The normalized spacial score (nSPS) is 17.9. The van der Waals surface area contributed by atoms with Gasteiger partial charge < -0.3 is 4.74 Å². The topological polar surface area (TPSA) is 93.0 Å². The molecule has 0 radical (unpaired) electrons. The molecule has 0 aromatic heterocycles. The van der Waals surface area contributed by atoms with E-state index in [0.29, 0.717) is 12.1 Å². The Labute approximate surface area is 163 Å². The van der Waals surface area contributed by atoms with Crippen molar-refractivity contribution >= 4 is 40.7 Å². The number of anilines is 1. The molecule has 1 aliphatic rings. The van der Waals surface area contributed by atoms with Crippen LogP contribution >= 0.6 is 12.2 Å². The molecule has 0 bridgehead atoms. The number of carbonyl (C=O) groups excluding carboxylic acids is 2. The molecule has 1 unspecified atom stereocenters. The van der Waals surface area contributed by atoms with Crippen molar-refractivity contribution in [2.24, 2.45) is 0 Å². The van der Waals surface area contributed by atoms with Gasteiger partial charge >= 0.3 is 12.3 Å². The largest absolute Gasteiger partial charge is 0.443 e. The molecule has 1 aromatic rings. The number of nitrogens with zero attached hydrogens (tertiary/aromatic N) is 3. The molecule has 12 heteroatoms. The van der Waals surface area contributed by atoms with Crippen molar-refractivity contribution in [1.82, 2.24) is 4.90 Å². The number of halogens is 3. The van der Waals surface area contributed by atoms with Crippen molar-refractivity contribution in [3.05, 3.63) is 33.9 Å². The van der Waals surface area contributed by atoms with Crippen molar-refractivity contribution in [3.8, 4) is 0 Å². The fourth-order valence-electron chi connectivity index (χ4n) is 2.50. The number of nitro groups is 1. The molecule has 2 rings (SSSR count). The lowest BCUT2D eigenvalue weighted by molar-refractivity contribution is -0.388. The summed E-state index contributed by atoms with van der Waals surface area (Å²) in [7, 11) is 0. The van der Waals surface area contributed by atoms with Gasteiger partial charge in [-0.25, -0.2) is 9.69 Å². The Balaban J connectivity index is 2.48. The third kappa shape index (κ3) is 4.06. The van der Waals surface area contributed by atoms with Crippen LogP contribution < -0.4 is 4.90 Å². The maximum atomic E-state index is 13.2. The lowest BCUT2D eigenvalue weighted by Gasteiger charge is -2.25. The Kier molecular flexibility index (Phi) is 5.39. The highest BCUT2D eigenvalue weighted by Crippen LogP contribution is 2.39. The van der Waals surface area contributed by atoms with E-state index in [0.717, 1.165) is 15.9 Å². The van der Waals surface area contributed by atoms with Crippen molar-refractivity contribution in [3.63, 3.8) is 0 Å². The summed E-state index contributed by atoms with van der Waals surface area (Å²) < 4.78 is 44.8. The number of amides is 2. The Morgan fingerprint density at radius 2 is 1.86 bits per heavy atom. The van der Waals surface area contributed by atoms with E-state index in [9.17, 15) is 32.9 Å². The molecule has 1 saturated heterocycles. The summed E-state index contributed by atoms with van der Waals surface area (Å²) in [5, 5.41) is 10.5. The Hall–Kier alpha value is -2.76. The van der Waals surface area contributed by atoms with E-state index < -0.39 is 46.0 Å². The molecular formula is C16H16F3N3O5S. The summed E-state index contributed by atoms with van der Waals surface area (Å²) in [4.78, 5) is 36.2. The minimum atomic E-state index is -5.03. The predicted molar refractivity (Wildman–Crippen MR) is 95.7 cm³/mol. The number of benzene rings is 1. The number of nitro benzene ring substituents is 1. The monoisotopic (exact) mass is 419 g/mol. The highest BCUT2D eigenvalue weighted by molar-refractivity contribution is 7.80. The molecule has 8 nitrogen and oxygen atoms in total. The van der Waals surface area contributed by atoms with Crippen LogP contribution in [0.25, 0.3) is 0 Å². The van der Waals surface area contributed by atoms with Crippen molar-refractivity contribution in [1.29, 1.82) is 0 Å². The van der Waals surface area contributed by atoms with Crippen LogP contribution in [0.5, 0.6) is 0 Å². The third-order valence-electron chi connectivity index (χ3n) is 3.69. The van der Waals surface area contributed by atoms with E-state index in [-0.39, 0.29) is 10.8 Å². The maximum Gasteiger partial charge on any atom is 0.423 e. The van der Waals surface area contributed by atoms with Gasteiger partial charge in [-0.2, -0.15) is 13.2 Å². The maximum absolute atomic E-state index is 13.2. The van der Waals surface area contributed by atoms with Crippen molar-refractivity contribution < 1.29 is 32.4 Å². The summed E-state index contributed by atoms with van der Waals surface area (Å²) >= 11 is 5.10. The second-order valence-corrected chi connectivity index (χ2v) is 7.30. The summed E-state index contributed by atoms with van der Waals surface area (Å²) in [6.07, 6.45) is -5.96. The minimum absolute atomic E-state index is 0.342. The minimum Gasteiger partial charge on any atom is -0.443 e. The van der Waals surface area contributed by atoms with Crippen LogP contribution in [0.4, 0.5) is 29.3 Å². The van der Waals surface area contributed by atoms with Crippen LogP contribution in [0.2, 0.25) is 0 Å². The number of rotatable bonds is 2. The van der Waals surface area contributed by atoms with Gasteiger partial charge in [-0.3, -0.25) is 19.8 Å². The fraction of sp³-hybridized carbons (Fsp3) is 0.438. The molecule has 28 heavy (non-hydrogen) atoms. The first kappa shape index (κ1) is 21.5. The highest BCUT2D eigenvalue weighted by atomic mass is 32.1. The lowest BCUT2D eigenvalue weighted by Crippen LogP contribution is -2.42. The van der Waals surface area contributed by atoms with Crippen LogP contribution in [0.1, 0.15) is 33.3 Å². The van der Waals surface area contributed by atoms with Crippen LogP contribution in [-0.2, 0) is 15.7 Å². The third-order valence-corrected chi connectivity index (χ3v) is 4.07. The van der Waals surface area contributed by atoms with Gasteiger partial charge in [0, 0.05) is 6.07 Å². The van der Waals surface area contributed by atoms with Crippen LogP contribution in [-0.4, -0.2) is 38.6 Å². The van der Waals surface area contributed by atoms with Gasteiger partial charge in [0.25, 0.3) is 11.6 Å². The number of carbonyl (C=O) groups is 2. The average molecular weight is 419 g/mol. The van der Waals surface area contributed by atoms with E-state index in [1.54, 1.807) is 20.8 Å². The molecule has 1 atom stereocenters. The van der Waals surface area contributed by atoms with Crippen LogP contribution in [0.3, 0.4) is 0 Å². The fourth-order valence-corrected chi connectivity index (χ4v) is 2.93. The Morgan fingerprint density at radius 3 is 2.32 bits per heavy atom. The van der Waals surface area contributed by atoms with Gasteiger partial charge in [0.05, 0.1) is 10.6 Å². The van der Waals surface area contributed by atoms with Gasteiger partial charge in [0.15, 0.2) is 5.11 Å². The number of hydrogen-bond acceptors (Lipinski definition) is 6. The summed E-state index contributed by atoms with van der Waals surface area (Å²) in [6, 6.07) is 0.928. The first-order chi connectivity index (χ1) is 12.6. The van der Waals surface area contributed by atoms with Crippen molar-refractivity contribution in [2.45, 2.75) is 45.5 Å². The van der Waals surface area contributed by atoms with Gasteiger partial charge in [0.1, 0.15) is 17.2 Å². The molecule has 152 valence electrons. The quantitative estimate of drug-likeness (QED) is 0.410. The molecule has 0 saturated carbocycles. The summed E-state index contributed by atoms with van der Waals surface area (Å²) in [5.41, 5.74) is -3.93. The molecule has 0 N–H and O–H groups in total. The Bertz CT molecular complexity index is 866. The Morgan fingerprint density at radius 1 is 1.29 bits per heavy atom. The second kappa shape index (κ2) is 7.00. The second-order valence-electron chi connectivity index (χ2n) is 6.94. The molecule has 1 heterocycles. The van der Waals surface area contributed by atoms with E-state index in [1.165, 1.54) is 6.92 Å². The van der Waals surface area contributed by atoms with E-state index in [2.05, 4.69) is 0 Å². The zero-order valence-corrected chi connectivity index (χ0v) is 16.1. The molecule has 0 spiro atoms.